The summed E-state index contributed by atoms with van der Waals surface area (Å²) in [7, 11) is 0. The molecule has 2 aromatic carbocycles. The molecule has 0 N–H and O–H groups in total. The van der Waals surface area contributed by atoms with Gasteiger partial charge in [0, 0.05) is 11.5 Å². The summed E-state index contributed by atoms with van der Waals surface area (Å²) in [5.41, 5.74) is -1.17. The van der Waals surface area contributed by atoms with E-state index in [1.165, 1.54) is 12.1 Å². The van der Waals surface area contributed by atoms with E-state index in [9.17, 15) is 30.7 Å². The number of nitriles is 1. The number of hydrogen-bond acceptors (Lipinski definition) is 3. The Morgan fingerprint density at radius 2 is 1.69 bits per heavy atom. The zero-order valence-electron chi connectivity index (χ0n) is 14.3. The van der Waals surface area contributed by atoms with Crippen molar-refractivity contribution in [3.63, 3.8) is 0 Å². The lowest BCUT2D eigenvalue weighted by Gasteiger charge is -2.16. The van der Waals surface area contributed by atoms with Crippen LogP contribution in [0.5, 0.6) is 5.75 Å². The molecule has 0 radical (unpaired) electrons. The SMILES string of the molecule is N#Cc1cc2cc(F)c(CCc3ccc(OC(F)(F)F)c(C(F)(F)F)c3)cc2o1. The van der Waals surface area contributed by atoms with Crippen molar-refractivity contribution < 1.29 is 39.9 Å². The molecular weight excluding hydrogens is 407 g/mol. The second-order valence-electron chi connectivity index (χ2n) is 6.08. The van der Waals surface area contributed by atoms with Crippen molar-refractivity contribution in [3.05, 3.63) is 64.7 Å². The molecule has 0 unspecified atom stereocenters. The van der Waals surface area contributed by atoms with Gasteiger partial charge >= 0.3 is 12.5 Å². The van der Waals surface area contributed by atoms with Crippen LogP contribution in [0.15, 0.2) is 40.8 Å². The lowest BCUT2D eigenvalue weighted by Crippen LogP contribution is -2.20. The average Bonchev–Trinajstić information content (AvgIpc) is 3.00. The van der Waals surface area contributed by atoms with E-state index < -0.39 is 29.7 Å². The maximum atomic E-state index is 14.2. The first kappa shape index (κ1) is 20.5. The maximum absolute atomic E-state index is 14.2. The van der Waals surface area contributed by atoms with Gasteiger partial charge in [-0.05, 0) is 48.2 Å². The van der Waals surface area contributed by atoms with Gasteiger partial charge in [-0.3, -0.25) is 0 Å². The van der Waals surface area contributed by atoms with Crippen LogP contribution in [0.4, 0.5) is 30.7 Å². The van der Waals surface area contributed by atoms with E-state index >= 15 is 0 Å². The van der Waals surface area contributed by atoms with Crippen LogP contribution in [0, 0.1) is 17.1 Å². The summed E-state index contributed by atoms with van der Waals surface area (Å²) in [6, 6.07) is 7.75. The van der Waals surface area contributed by atoms with E-state index in [4.69, 9.17) is 9.68 Å². The predicted molar refractivity (Wildman–Crippen MR) is 86.4 cm³/mol. The molecule has 0 aliphatic carbocycles. The smallest absolute Gasteiger partial charge is 0.446 e. The van der Waals surface area contributed by atoms with Gasteiger partial charge in [0.15, 0.2) is 0 Å². The van der Waals surface area contributed by atoms with Crippen molar-refractivity contribution in [2.75, 3.05) is 0 Å². The van der Waals surface area contributed by atoms with Crippen molar-refractivity contribution in [2.45, 2.75) is 25.4 Å². The van der Waals surface area contributed by atoms with Crippen molar-refractivity contribution >= 4 is 11.0 Å². The van der Waals surface area contributed by atoms with E-state index in [0.717, 1.165) is 12.1 Å². The van der Waals surface area contributed by atoms with Gasteiger partial charge in [0.1, 0.15) is 23.2 Å². The number of nitrogens with zero attached hydrogens (tertiary/aromatic N) is 1. The Labute approximate surface area is 158 Å². The minimum Gasteiger partial charge on any atom is -0.446 e. The Hall–Kier alpha value is -3.22. The molecule has 1 aromatic heterocycles. The number of halogens is 7. The van der Waals surface area contributed by atoms with Gasteiger partial charge in [0.2, 0.25) is 5.76 Å². The van der Waals surface area contributed by atoms with Crippen LogP contribution in [0.2, 0.25) is 0 Å². The van der Waals surface area contributed by atoms with Crippen molar-refractivity contribution in [1.82, 2.24) is 0 Å². The van der Waals surface area contributed by atoms with Crippen LogP contribution in [0.3, 0.4) is 0 Å². The second-order valence-corrected chi connectivity index (χ2v) is 6.08. The molecule has 10 heteroatoms. The lowest BCUT2D eigenvalue weighted by molar-refractivity contribution is -0.276. The molecule has 29 heavy (non-hydrogen) atoms. The summed E-state index contributed by atoms with van der Waals surface area (Å²) in [5.74, 6) is -2.02. The van der Waals surface area contributed by atoms with E-state index in [1.54, 1.807) is 6.07 Å². The number of ether oxygens (including phenoxy) is 1. The molecule has 0 amide bonds. The summed E-state index contributed by atoms with van der Waals surface area (Å²) in [5, 5.41) is 9.16. The zero-order valence-corrected chi connectivity index (χ0v) is 14.3. The third-order valence-corrected chi connectivity index (χ3v) is 4.05. The molecule has 0 aliphatic rings. The minimum absolute atomic E-state index is 0.0216. The standard InChI is InChI=1S/C19H10F7NO2/c20-15-7-12-6-13(9-27)28-17(12)8-11(15)3-1-10-2-4-16(29-19(24,25)26)14(5-10)18(21,22)23/h2,4-8H,1,3H2. The van der Waals surface area contributed by atoms with Gasteiger partial charge in [-0.2, -0.15) is 18.4 Å². The first-order chi connectivity index (χ1) is 13.5. The molecule has 3 nitrogen and oxygen atoms in total. The van der Waals surface area contributed by atoms with Crippen LogP contribution in [0.1, 0.15) is 22.5 Å². The van der Waals surface area contributed by atoms with E-state index in [0.29, 0.717) is 17.5 Å². The highest BCUT2D eigenvalue weighted by molar-refractivity contribution is 5.79. The molecule has 0 saturated carbocycles. The van der Waals surface area contributed by atoms with Crippen molar-refractivity contribution in [3.8, 4) is 11.8 Å². The molecule has 152 valence electrons. The van der Waals surface area contributed by atoms with Crippen LogP contribution in [0.25, 0.3) is 11.0 Å². The fourth-order valence-corrected chi connectivity index (χ4v) is 2.79. The molecule has 3 rings (SSSR count). The highest BCUT2D eigenvalue weighted by Crippen LogP contribution is 2.39. The summed E-state index contributed by atoms with van der Waals surface area (Å²) < 4.78 is 99.1. The van der Waals surface area contributed by atoms with Crippen LogP contribution >= 0.6 is 0 Å². The predicted octanol–water partition coefficient (Wildman–Crippen LogP) is 6.15. The Morgan fingerprint density at radius 1 is 0.966 bits per heavy atom. The van der Waals surface area contributed by atoms with Gasteiger partial charge in [-0.1, -0.05) is 6.07 Å². The van der Waals surface area contributed by atoms with Crippen LogP contribution in [-0.4, -0.2) is 6.36 Å². The minimum atomic E-state index is -5.27. The van der Waals surface area contributed by atoms with Gasteiger partial charge in [-0.25, -0.2) is 4.39 Å². The molecule has 0 fully saturated rings. The molecular formula is C19H10F7NO2. The number of alkyl halides is 6. The molecule has 0 bridgehead atoms. The number of aryl methyl sites for hydroxylation is 2. The highest BCUT2D eigenvalue weighted by Gasteiger charge is 2.39. The summed E-state index contributed by atoms with van der Waals surface area (Å²) >= 11 is 0. The lowest BCUT2D eigenvalue weighted by atomic mass is 10.0. The molecule has 1 heterocycles. The summed E-state index contributed by atoms with van der Waals surface area (Å²) in [4.78, 5) is 0. The molecule has 0 atom stereocenters. The van der Waals surface area contributed by atoms with Gasteiger partial charge < -0.3 is 9.15 Å². The second kappa shape index (κ2) is 7.31. The van der Waals surface area contributed by atoms with Gasteiger partial charge in [0.05, 0.1) is 5.56 Å². The zero-order chi connectivity index (χ0) is 21.4. The normalized spacial score (nSPS) is 12.2. The quantitative estimate of drug-likeness (QED) is 0.479. The number of benzene rings is 2. The Kier molecular flexibility index (Phi) is 5.17. The Bertz CT molecular complexity index is 1090. The topological polar surface area (TPSA) is 46.2 Å². The maximum Gasteiger partial charge on any atom is 0.573 e. The van der Waals surface area contributed by atoms with Gasteiger partial charge in [-0.15, -0.1) is 13.2 Å². The fraction of sp³-hybridized carbons (Fsp3) is 0.211. The largest absolute Gasteiger partial charge is 0.573 e. The molecule has 3 aromatic rings. The van der Waals surface area contributed by atoms with E-state index in [2.05, 4.69) is 4.74 Å². The van der Waals surface area contributed by atoms with Crippen LogP contribution < -0.4 is 4.74 Å². The molecule has 0 spiro atoms. The van der Waals surface area contributed by atoms with Crippen molar-refractivity contribution in [1.29, 1.82) is 5.26 Å². The number of hydrogen-bond donors (Lipinski definition) is 0. The van der Waals surface area contributed by atoms with E-state index in [-0.39, 0.29) is 35.3 Å². The summed E-state index contributed by atoms with van der Waals surface area (Å²) in [6.45, 7) is 0. The highest BCUT2D eigenvalue weighted by atomic mass is 19.4. The first-order valence-electron chi connectivity index (χ1n) is 8.04. The molecule has 0 aliphatic heterocycles. The van der Waals surface area contributed by atoms with Crippen molar-refractivity contribution in [2.24, 2.45) is 0 Å². The molecule has 0 saturated heterocycles. The fourth-order valence-electron chi connectivity index (χ4n) is 2.79. The first-order valence-corrected chi connectivity index (χ1v) is 8.04. The monoisotopic (exact) mass is 417 g/mol. The van der Waals surface area contributed by atoms with Crippen LogP contribution in [-0.2, 0) is 19.0 Å². The van der Waals surface area contributed by atoms with E-state index in [1.807, 2.05) is 0 Å². The number of furan rings is 1. The Morgan fingerprint density at radius 3 is 2.31 bits per heavy atom. The number of fused-ring (bicyclic) bond motifs is 1. The summed E-state index contributed by atoms with van der Waals surface area (Å²) in [6.07, 6.45) is -10.5. The van der Waals surface area contributed by atoms with Gasteiger partial charge in [0.25, 0.3) is 0 Å². The number of rotatable bonds is 4. The Balaban J connectivity index is 1.86. The third-order valence-electron chi connectivity index (χ3n) is 4.05. The third kappa shape index (κ3) is 4.80. The average molecular weight is 417 g/mol.